The molecule has 2 aliphatic rings. The van der Waals surface area contributed by atoms with E-state index < -0.39 is 0 Å². The van der Waals surface area contributed by atoms with Gasteiger partial charge >= 0.3 is 0 Å². The smallest absolute Gasteiger partial charge is 0.146 e. The van der Waals surface area contributed by atoms with Crippen molar-refractivity contribution in [3.63, 3.8) is 0 Å². The molecule has 4 nitrogen and oxygen atoms in total. The summed E-state index contributed by atoms with van der Waals surface area (Å²) in [6, 6.07) is 0. The second kappa shape index (κ2) is 5.12. The van der Waals surface area contributed by atoms with Crippen molar-refractivity contribution < 1.29 is 0 Å². The molecule has 4 heteroatoms. The predicted molar refractivity (Wildman–Crippen MR) is 73.6 cm³/mol. The van der Waals surface area contributed by atoms with E-state index in [1.807, 2.05) is 6.20 Å². The summed E-state index contributed by atoms with van der Waals surface area (Å²) in [5.74, 6) is 4.59. The van der Waals surface area contributed by atoms with Crippen molar-refractivity contribution >= 4 is 11.6 Å². The highest BCUT2D eigenvalue weighted by molar-refractivity contribution is 5.41. The van der Waals surface area contributed by atoms with E-state index in [0.717, 1.165) is 42.5 Å². The molecule has 1 aromatic heterocycles. The number of nitrogens with one attached hydrogen (secondary N) is 2. The van der Waals surface area contributed by atoms with Crippen LogP contribution in [0.3, 0.4) is 0 Å². The third-order valence-corrected chi connectivity index (χ3v) is 3.97. The van der Waals surface area contributed by atoms with Gasteiger partial charge in [0.15, 0.2) is 0 Å². The molecule has 0 spiro atoms. The lowest BCUT2D eigenvalue weighted by Crippen LogP contribution is -2.19. The summed E-state index contributed by atoms with van der Waals surface area (Å²) in [6.07, 6.45) is 9.33. The van der Waals surface area contributed by atoms with Gasteiger partial charge in [-0.2, -0.15) is 0 Å². The molecule has 0 unspecified atom stereocenters. The molecule has 0 saturated heterocycles. The van der Waals surface area contributed by atoms with Gasteiger partial charge in [0.25, 0.3) is 0 Å². The highest BCUT2D eigenvalue weighted by atomic mass is 15.1. The Morgan fingerprint density at radius 2 is 1.72 bits per heavy atom. The summed E-state index contributed by atoms with van der Waals surface area (Å²) in [5, 5.41) is 6.66. The summed E-state index contributed by atoms with van der Waals surface area (Å²) in [4.78, 5) is 8.72. The molecule has 1 heterocycles. The summed E-state index contributed by atoms with van der Waals surface area (Å²) >= 11 is 0. The molecular weight excluding hydrogens is 224 g/mol. The average molecular weight is 246 g/mol. The van der Waals surface area contributed by atoms with Gasteiger partial charge in [-0.1, -0.05) is 0 Å². The van der Waals surface area contributed by atoms with E-state index in [0.29, 0.717) is 0 Å². The summed E-state index contributed by atoms with van der Waals surface area (Å²) in [7, 11) is 0. The lowest BCUT2D eigenvalue weighted by atomic mass is 9.98. The van der Waals surface area contributed by atoms with Crippen LogP contribution in [0, 0.1) is 17.8 Å². The fourth-order valence-corrected chi connectivity index (χ4v) is 2.71. The van der Waals surface area contributed by atoms with Crippen LogP contribution in [-0.4, -0.2) is 23.1 Å². The largest absolute Gasteiger partial charge is 0.369 e. The van der Waals surface area contributed by atoms with E-state index in [1.54, 1.807) is 6.20 Å². The highest BCUT2D eigenvalue weighted by Crippen LogP contribution is 2.49. The normalized spacial score (nSPS) is 19.0. The van der Waals surface area contributed by atoms with Gasteiger partial charge in [-0.3, -0.25) is 4.98 Å². The zero-order valence-electron chi connectivity index (χ0n) is 11.0. The van der Waals surface area contributed by atoms with E-state index in [9.17, 15) is 0 Å². The van der Waals surface area contributed by atoms with Crippen molar-refractivity contribution in [1.82, 2.24) is 9.97 Å². The Kier molecular flexibility index (Phi) is 3.35. The third-order valence-electron chi connectivity index (χ3n) is 3.97. The quantitative estimate of drug-likeness (QED) is 0.776. The van der Waals surface area contributed by atoms with Crippen molar-refractivity contribution in [2.75, 3.05) is 23.7 Å². The van der Waals surface area contributed by atoms with E-state index >= 15 is 0 Å². The van der Waals surface area contributed by atoms with Crippen LogP contribution < -0.4 is 10.6 Å². The molecule has 2 N–H and O–H groups in total. The van der Waals surface area contributed by atoms with E-state index in [1.165, 1.54) is 25.7 Å². The Morgan fingerprint density at radius 3 is 2.28 bits per heavy atom. The topological polar surface area (TPSA) is 49.8 Å². The average Bonchev–Trinajstić information content (AvgIpc) is 3.25. The number of nitrogens with zero attached hydrogens (tertiary/aromatic N) is 2. The molecule has 0 radical (unpaired) electrons. The highest BCUT2D eigenvalue weighted by Gasteiger charge is 2.41. The summed E-state index contributed by atoms with van der Waals surface area (Å²) in [6.45, 7) is 4.02. The second-order valence-corrected chi connectivity index (χ2v) is 5.54. The van der Waals surface area contributed by atoms with Crippen LogP contribution in [0.2, 0.25) is 0 Å². The van der Waals surface area contributed by atoms with Crippen molar-refractivity contribution in [1.29, 1.82) is 0 Å². The molecule has 0 atom stereocenters. The zero-order valence-corrected chi connectivity index (χ0v) is 11.0. The standard InChI is InChI=1S/C14H22N4/c1-2-16-13-8-15-9-14(18-13)17-7-12(10-3-4-10)11-5-6-11/h8-12H,2-7H2,1H3,(H2,16,17,18). The third kappa shape index (κ3) is 2.92. The minimum absolute atomic E-state index is 0.858. The van der Waals surface area contributed by atoms with Crippen LogP contribution in [0.15, 0.2) is 12.4 Å². The second-order valence-electron chi connectivity index (χ2n) is 5.54. The molecule has 0 amide bonds. The molecule has 18 heavy (non-hydrogen) atoms. The van der Waals surface area contributed by atoms with Gasteiger partial charge in [0.05, 0.1) is 12.4 Å². The number of hydrogen-bond donors (Lipinski definition) is 2. The lowest BCUT2D eigenvalue weighted by molar-refractivity contribution is 0.427. The molecule has 3 rings (SSSR count). The van der Waals surface area contributed by atoms with Crippen molar-refractivity contribution in [3.05, 3.63) is 12.4 Å². The molecule has 2 fully saturated rings. The van der Waals surface area contributed by atoms with Gasteiger partial charge in [-0.05, 0) is 50.4 Å². The first kappa shape index (κ1) is 11.8. The van der Waals surface area contributed by atoms with E-state index in [4.69, 9.17) is 0 Å². The van der Waals surface area contributed by atoms with Gasteiger partial charge in [0.1, 0.15) is 11.6 Å². The summed E-state index contributed by atoms with van der Waals surface area (Å²) in [5.41, 5.74) is 0. The zero-order chi connectivity index (χ0) is 12.4. The summed E-state index contributed by atoms with van der Waals surface area (Å²) < 4.78 is 0. The fourth-order valence-electron chi connectivity index (χ4n) is 2.71. The molecular formula is C14H22N4. The maximum Gasteiger partial charge on any atom is 0.146 e. The van der Waals surface area contributed by atoms with Crippen LogP contribution >= 0.6 is 0 Å². The maximum atomic E-state index is 4.51. The van der Waals surface area contributed by atoms with Gasteiger partial charge in [-0.15, -0.1) is 0 Å². The number of hydrogen-bond acceptors (Lipinski definition) is 4. The van der Waals surface area contributed by atoms with Crippen molar-refractivity contribution in [3.8, 4) is 0 Å². The first-order chi connectivity index (χ1) is 8.86. The van der Waals surface area contributed by atoms with E-state index in [-0.39, 0.29) is 0 Å². The molecule has 2 aliphatic carbocycles. The molecule has 0 bridgehead atoms. The van der Waals surface area contributed by atoms with Crippen molar-refractivity contribution in [2.45, 2.75) is 32.6 Å². The minimum Gasteiger partial charge on any atom is -0.369 e. The van der Waals surface area contributed by atoms with Gasteiger partial charge in [-0.25, -0.2) is 4.98 Å². The van der Waals surface area contributed by atoms with Crippen LogP contribution in [0.25, 0.3) is 0 Å². The Balaban J connectivity index is 1.56. The van der Waals surface area contributed by atoms with Crippen LogP contribution in [0.5, 0.6) is 0 Å². The first-order valence-corrected chi connectivity index (χ1v) is 7.16. The van der Waals surface area contributed by atoms with Crippen LogP contribution in [0.1, 0.15) is 32.6 Å². The Labute approximate surface area is 109 Å². The van der Waals surface area contributed by atoms with Gasteiger partial charge in [0.2, 0.25) is 0 Å². The van der Waals surface area contributed by atoms with Crippen LogP contribution in [-0.2, 0) is 0 Å². The molecule has 98 valence electrons. The monoisotopic (exact) mass is 246 g/mol. The SMILES string of the molecule is CCNc1cncc(NCC(C2CC2)C2CC2)n1. The Morgan fingerprint density at radius 1 is 1.11 bits per heavy atom. The fraction of sp³-hybridized carbons (Fsp3) is 0.714. The van der Waals surface area contributed by atoms with Crippen molar-refractivity contribution in [2.24, 2.45) is 17.8 Å². The number of rotatable bonds is 7. The molecule has 1 aromatic rings. The number of aromatic nitrogens is 2. The van der Waals surface area contributed by atoms with Gasteiger partial charge in [0, 0.05) is 13.1 Å². The first-order valence-electron chi connectivity index (χ1n) is 7.16. The predicted octanol–water partition coefficient (Wildman–Crippen LogP) is 2.76. The number of anilines is 2. The van der Waals surface area contributed by atoms with E-state index in [2.05, 4.69) is 27.5 Å². The van der Waals surface area contributed by atoms with Crippen LogP contribution in [0.4, 0.5) is 11.6 Å². The van der Waals surface area contributed by atoms with Gasteiger partial charge < -0.3 is 10.6 Å². The Bertz CT molecular complexity index is 387. The molecule has 2 saturated carbocycles. The Hall–Kier alpha value is -1.32. The molecule has 0 aliphatic heterocycles. The maximum absolute atomic E-state index is 4.51. The lowest BCUT2D eigenvalue weighted by Gasteiger charge is -2.16. The minimum atomic E-state index is 0.858. The molecule has 0 aromatic carbocycles.